The van der Waals surface area contributed by atoms with Crippen molar-refractivity contribution in [2.45, 2.75) is 6.92 Å². The molecule has 0 saturated carbocycles. The normalized spacial score (nSPS) is 13.0. The van der Waals surface area contributed by atoms with Crippen molar-refractivity contribution in [2.24, 2.45) is 0 Å². The van der Waals surface area contributed by atoms with Crippen molar-refractivity contribution < 1.29 is 0 Å². The molecule has 0 radical (unpaired) electrons. The zero-order valence-corrected chi connectivity index (χ0v) is 24.3. The maximum absolute atomic E-state index is 2.57. The fourth-order valence-corrected chi connectivity index (χ4v) is 7.98. The molecule has 2 nitrogen and oxygen atoms in total. The Morgan fingerprint density at radius 1 is 0.545 bits per heavy atom. The standard InChI is InChI=1S/C41H27BN2/c1-26-19-21-28(22-20-26)32-25-33-31-15-7-9-17-35(31)44(29-12-3-2-4-13-29)42-34-16-8-10-18-36(34)43-37-24-23-27-11-5-6-14-30(27)38(37)39(32)41(43)40(33)42/h2-25H,1H3. The molecule has 0 saturated heterocycles. The van der Waals surface area contributed by atoms with Crippen LogP contribution < -0.4 is 15.7 Å². The number of fused-ring (bicyclic) bond motifs is 10. The first-order chi connectivity index (χ1) is 21.8. The lowest BCUT2D eigenvalue weighted by atomic mass is 9.44. The molecule has 2 aliphatic rings. The van der Waals surface area contributed by atoms with Crippen LogP contribution in [0.4, 0.5) is 11.4 Å². The Labute approximate surface area is 256 Å². The molecule has 0 N–H and O–H groups in total. The van der Waals surface area contributed by atoms with Crippen LogP contribution in [0.3, 0.4) is 0 Å². The number of anilines is 2. The Morgan fingerprint density at radius 2 is 1.27 bits per heavy atom. The van der Waals surface area contributed by atoms with Crippen molar-refractivity contribution in [3.05, 3.63) is 151 Å². The van der Waals surface area contributed by atoms with E-state index in [9.17, 15) is 0 Å². The van der Waals surface area contributed by atoms with Crippen molar-refractivity contribution in [1.82, 2.24) is 4.57 Å². The van der Waals surface area contributed by atoms with Gasteiger partial charge in [-0.05, 0) is 81.7 Å². The summed E-state index contributed by atoms with van der Waals surface area (Å²) in [5, 5.41) is 5.24. The number of rotatable bonds is 2. The highest BCUT2D eigenvalue weighted by Gasteiger charge is 2.44. The fraction of sp³-hybridized carbons (Fsp3) is 0.0244. The molecule has 0 amide bonds. The first-order valence-electron chi connectivity index (χ1n) is 15.4. The van der Waals surface area contributed by atoms with Crippen LogP contribution in [0.5, 0.6) is 0 Å². The number of nitrogens with zero attached hydrogens (tertiary/aromatic N) is 2. The van der Waals surface area contributed by atoms with Gasteiger partial charge in [-0.2, -0.15) is 0 Å². The number of para-hydroxylation sites is 3. The molecule has 10 rings (SSSR count). The van der Waals surface area contributed by atoms with Gasteiger partial charge in [0.05, 0.1) is 11.0 Å². The lowest BCUT2D eigenvalue weighted by Gasteiger charge is -2.42. The molecule has 44 heavy (non-hydrogen) atoms. The average molecular weight is 558 g/mol. The van der Waals surface area contributed by atoms with E-state index in [1.165, 1.54) is 88.4 Å². The molecular formula is C41H27BN2. The second-order valence-electron chi connectivity index (χ2n) is 12.2. The zero-order valence-electron chi connectivity index (χ0n) is 24.3. The topological polar surface area (TPSA) is 8.17 Å². The van der Waals surface area contributed by atoms with Crippen LogP contribution in [0.2, 0.25) is 0 Å². The zero-order chi connectivity index (χ0) is 28.9. The van der Waals surface area contributed by atoms with Gasteiger partial charge in [-0.25, -0.2) is 0 Å². The van der Waals surface area contributed by atoms with Crippen LogP contribution in [-0.4, -0.2) is 11.4 Å². The number of hydrogen-bond acceptors (Lipinski definition) is 1. The van der Waals surface area contributed by atoms with Crippen molar-refractivity contribution >= 4 is 61.7 Å². The lowest BCUT2D eigenvalue weighted by molar-refractivity contribution is 1.18. The summed E-state index contributed by atoms with van der Waals surface area (Å²) in [6, 6.07) is 54.0. The predicted molar refractivity (Wildman–Crippen MR) is 187 cm³/mol. The van der Waals surface area contributed by atoms with Gasteiger partial charge < -0.3 is 9.38 Å². The summed E-state index contributed by atoms with van der Waals surface area (Å²) in [5.74, 6) is 0. The molecule has 0 atom stereocenters. The third-order valence-electron chi connectivity index (χ3n) is 9.82. The number of aromatic nitrogens is 1. The molecule has 0 unspecified atom stereocenters. The third-order valence-corrected chi connectivity index (χ3v) is 9.82. The molecule has 8 aromatic rings. The van der Waals surface area contributed by atoms with Crippen molar-refractivity contribution in [1.29, 1.82) is 0 Å². The smallest absolute Gasteiger partial charge is 0.333 e. The molecule has 7 aromatic carbocycles. The van der Waals surface area contributed by atoms with Gasteiger partial charge in [0.25, 0.3) is 0 Å². The van der Waals surface area contributed by atoms with E-state index >= 15 is 0 Å². The van der Waals surface area contributed by atoms with E-state index in [1.807, 2.05) is 0 Å². The Bertz CT molecular complexity index is 2460. The number of aryl methyl sites for hydroxylation is 1. The first kappa shape index (κ1) is 24.0. The number of hydrogen-bond donors (Lipinski definition) is 0. The van der Waals surface area contributed by atoms with Gasteiger partial charge in [0, 0.05) is 33.4 Å². The summed E-state index contributed by atoms with van der Waals surface area (Å²) in [6.07, 6.45) is 0. The Morgan fingerprint density at radius 3 is 2.14 bits per heavy atom. The van der Waals surface area contributed by atoms with Crippen LogP contribution in [0.15, 0.2) is 146 Å². The Balaban J connectivity index is 1.48. The minimum Gasteiger partial charge on any atom is -0.376 e. The van der Waals surface area contributed by atoms with E-state index in [0.717, 1.165) is 0 Å². The van der Waals surface area contributed by atoms with E-state index in [2.05, 4.69) is 162 Å². The van der Waals surface area contributed by atoms with Crippen molar-refractivity contribution in [2.75, 3.05) is 4.81 Å². The molecular weight excluding hydrogens is 531 g/mol. The SMILES string of the molecule is Cc1ccc(-c2cc3c4c5c2c2c6ccccc6ccc2n5-c2ccccc2B4N(c2ccccc2)c2ccccc2-3)cc1. The summed E-state index contributed by atoms with van der Waals surface area (Å²) in [7, 11) is 0. The quantitative estimate of drug-likeness (QED) is 0.192. The van der Waals surface area contributed by atoms with Crippen molar-refractivity contribution in [3.63, 3.8) is 0 Å². The van der Waals surface area contributed by atoms with E-state index < -0.39 is 0 Å². The molecule has 3 heteroatoms. The van der Waals surface area contributed by atoms with E-state index in [1.54, 1.807) is 0 Å². The molecule has 2 aliphatic heterocycles. The Kier molecular flexibility index (Phi) is 4.76. The summed E-state index contributed by atoms with van der Waals surface area (Å²) >= 11 is 0. The highest BCUT2D eigenvalue weighted by molar-refractivity contribution is 6.93. The van der Waals surface area contributed by atoms with Gasteiger partial charge in [0.2, 0.25) is 0 Å². The summed E-state index contributed by atoms with van der Waals surface area (Å²) in [4.78, 5) is 2.57. The second kappa shape index (κ2) is 8.75. The summed E-state index contributed by atoms with van der Waals surface area (Å²) in [5.41, 5.74) is 15.4. The average Bonchev–Trinajstić information content (AvgIpc) is 3.44. The predicted octanol–water partition coefficient (Wildman–Crippen LogP) is 9.15. The maximum atomic E-state index is 2.57. The minimum atomic E-state index is 0.0381. The van der Waals surface area contributed by atoms with Gasteiger partial charge in [-0.3, -0.25) is 0 Å². The van der Waals surface area contributed by atoms with E-state index in [0.29, 0.717) is 0 Å². The van der Waals surface area contributed by atoms with Gasteiger partial charge in [-0.1, -0.05) is 115 Å². The van der Waals surface area contributed by atoms with Gasteiger partial charge in [0.15, 0.2) is 0 Å². The molecule has 0 aliphatic carbocycles. The second-order valence-corrected chi connectivity index (χ2v) is 12.2. The molecule has 3 heterocycles. The van der Waals surface area contributed by atoms with Crippen LogP contribution in [0.1, 0.15) is 5.56 Å². The fourth-order valence-electron chi connectivity index (χ4n) is 7.98. The van der Waals surface area contributed by atoms with Crippen LogP contribution in [0.25, 0.3) is 60.5 Å². The van der Waals surface area contributed by atoms with E-state index in [-0.39, 0.29) is 6.85 Å². The highest BCUT2D eigenvalue weighted by atomic mass is 15.1. The van der Waals surface area contributed by atoms with Gasteiger partial charge >= 0.3 is 6.85 Å². The van der Waals surface area contributed by atoms with Gasteiger partial charge in [0.1, 0.15) is 0 Å². The Hall–Kier alpha value is -5.54. The maximum Gasteiger partial charge on any atom is 0.333 e. The molecule has 0 bridgehead atoms. The minimum absolute atomic E-state index is 0.0381. The molecule has 0 fully saturated rings. The number of benzene rings is 7. The monoisotopic (exact) mass is 558 g/mol. The molecule has 204 valence electrons. The molecule has 1 aromatic heterocycles. The summed E-state index contributed by atoms with van der Waals surface area (Å²) in [6.45, 7) is 2.20. The lowest BCUT2D eigenvalue weighted by Crippen LogP contribution is -2.60. The van der Waals surface area contributed by atoms with E-state index in [4.69, 9.17) is 0 Å². The van der Waals surface area contributed by atoms with Crippen molar-refractivity contribution in [3.8, 4) is 27.9 Å². The van der Waals surface area contributed by atoms with Crippen LogP contribution in [-0.2, 0) is 0 Å². The summed E-state index contributed by atoms with van der Waals surface area (Å²) < 4.78 is 2.57. The third kappa shape index (κ3) is 3.06. The largest absolute Gasteiger partial charge is 0.376 e. The van der Waals surface area contributed by atoms with Gasteiger partial charge in [-0.15, -0.1) is 0 Å². The highest BCUT2D eigenvalue weighted by Crippen LogP contribution is 2.48. The molecule has 0 spiro atoms. The van der Waals surface area contributed by atoms with Crippen LogP contribution >= 0.6 is 0 Å². The first-order valence-corrected chi connectivity index (χ1v) is 15.4. The van der Waals surface area contributed by atoms with Crippen LogP contribution in [0, 0.1) is 6.92 Å².